The van der Waals surface area contributed by atoms with Crippen molar-refractivity contribution < 1.29 is 9.59 Å². The summed E-state index contributed by atoms with van der Waals surface area (Å²) in [5.41, 5.74) is 0.913. The first-order chi connectivity index (χ1) is 11.1. The maximum Gasteiger partial charge on any atom is 0.319 e. The lowest BCUT2D eigenvalue weighted by Gasteiger charge is -2.08. The van der Waals surface area contributed by atoms with Gasteiger partial charge in [0.25, 0.3) is 11.5 Å². The molecule has 0 saturated heterocycles. The lowest BCUT2D eigenvalue weighted by atomic mass is 10.2. The number of amides is 3. The summed E-state index contributed by atoms with van der Waals surface area (Å²) in [6.07, 6.45) is 2.05. The van der Waals surface area contributed by atoms with E-state index in [1.165, 1.54) is 12.1 Å². The summed E-state index contributed by atoms with van der Waals surface area (Å²) in [7, 11) is 0. The number of nitrogens with one attached hydrogen (secondary N) is 4. The van der Waals surface area contributed by atoms with Crippen LogP contribution in [0.15, 0.2) is 41.2 Å². The van der Waals surface area contributed by atoms with E-state index in [-0.39, 0.29) is 17.3 Å². The van der Waals surface area contributed by atoms with Gasteiger partial charge in [0.1, 0.15) is 5.69 Å². The van der Waals surface area contributed by atoms with E-state index < -0.39 is 5.91 Å². The van der Waals surface area contributed by atoms with Gasteiger partial charge in [0.15, 0.2) is 0 Å². The van der Waals surface area contributed by atoms with Gasteiger partial charge in [-0.05, 0) is 43.2 Å². The van der Waals surface area contributed by atoms with Gasteiger partial charge < -0.3 is 16.0 Å². The quantitative estimate of drug-likeness (QED) is 0.681. The predicted molar refractivity (Wildman–Crippen MR) is 84.4 cm³/mol. The van der Waals surface area contributed by atoms with Gasteiger partial charge >= 0.3 is 6.03 Å². The van der Waals surface area contributed by atoms with Crippen molar-refractivity contribution in [2.45, 2.75) is 18.9 Å². The molecule has 0 aliphatic heterocycles. The van der Waals surface area contributed by atoms with Crippen LogP contribution in [-0.4, -0.2) is 28.2 Å². The smallest absolute Gasteiger partial charge is 0.319 e. The van der Waals surface area contributed by atoms with Crippen molar-refractivity contribution in [1.82, 2.24) is 15.5 Å². The number of H-pyrrole nitrogens is 1. The van der Waals surface area contributed by atoms with Crippen molar-refractivity contribution in [3.63, 3.8) is 0 Å². The fourth-order valence-electron chi connectivity index (χ4n) is 1.88. The lowest BCUT2D eigenvalue weighted by molar-refractivity contribution is 0.102. The number of aromatic amines is 1. The molecule has 0 atom stereocenters. The monoisotopic (exact) mass is 313 g/mol. The second-order valence-electron chi connectivity index (χ2n) is 5.21. The van der Waals surface area contributed by atoms with E-state index in [9.17, 15) is 14.4 Å². The summed E-state index contributed by atoms with van der Waals surface area (Å²) in [4.78, 5) is 34.5. The summed E-state index contributed by atoms with van der Waals surface area (Å²) in [6.45, 7) is 0. The Balaban J connectivity index is 1.58. The highest BCUT2D eigenvalue weighted by Crippen LogP contribution is 2.19. The molecule has 1 aliphatic rings. The Morgan fingerprint density at radius 2 is 1.65 bits per heavy atom. The van der Waals surface area contributed by atoms with Crippen LogP contribution in [0.5, 0.6) is 0 Å². The van der Waals surface area contributed by atoms with E-state index in [4.69, 9.17) is 0 Å². The molecule has 0 radical (unpaired) electrons. The number of aromatic nitrogens is 2. The first-order valence-electron chi connectivity index (χ1n) is 7.15. The highest BCUT2D eigenvalue weighted by atomic mass is 16.2. The molecule has 0 bridgehead atoms. The number of hydrogen-bond acceptors (Lipinski definition) is 4. The third-order valence-electron chi connectivity index (χ3n) is 3.22. The number of carbonyl (C=O) groups is 2. The van der Waals surface area contributed by atoms with Gasteiger partial charge in [-0.3, -0.25) is 9.59 Å². The molecule has 0 spiro atoms. The average molecular weight is 313 g/mol. The molecule has 8 heteroatoms. The minimum atomic E-state index is -0.437. The molecular weight excluding hydrogens is 298 g/mol. The topological polar surface area (TPSA) is 116 Å². The van der Waals surface area contributed by atoms with Crippen molar-refractivity contribution >= 4 is 23.3 Å². The molecule has 4 N–H and O–H groups in total. The lowest BCUT2D eigenvalue weighted by Crippen LogP contribution is -2.30. The van der Waals surface area contributed by atoms with E-state index in [0.29, 0.717) is 17.4 Å². The van der Waals surface area contributed by atoms with Crippen LogP contribution in [0.4, 0.5) is 16.2 Å². The number of rotatable bonds is 4. The number of hydrogen-bond donors (Lipinski definition) is 4. The van der Waals surface area contributed by atoms with Crippen molar-refractivity contribution in [1.29, 1.82) is 0 Å². The molecule has 23 heavy (non-hydrogen) atoms. The van der Waals surface area contributed by atoms with Crippen LogP contribution in [0.25, 0.3) is 0 Å². The Kier molecular flexibility index (Phi) is 4.05. The maximum atomic E-state index is 11.9. The highest BCUT2D eigenvalue weighted by Gasteiger charge is 2.23. The van der Waals surface area contributed by atoms with Crippen molar-refractivity contribution in [3.8, 4) is 0 Å². The molecule has 118 valence electrons. The molecule has 8 nitrogen and oxygen atoms in total. The molecule has 1 aliphatic carbocycles. The van der Waals surface area contributed by atoms with Crippen LogP contribution in [0.3, 0.4) is 0 Å². The van der Waals surface area contributed by atoms with Crippen molar-refractivity contribution in [2.75, 3.05) is 10.6 Å². The Labute approximate surface area is 131 Å². The Bertz CT molecular complexity index is 760. The molecule has 3 rings (SSSR count). The van der Waals surface area contributed by atoms with Crippen molar-refractivity contribution in [3.05, 3.63) is 52.4 Å². The molecule has 0 unspecified atom stereocenters. The van der Waals surface area contributed by atoms with Gasteiger partial charge in [-0.15, -0.1) is 0 Å². The first kappa shape index (κ1) is 14.8. The van der Waals surface area contributed by atoms with Gasteiger partial charge in [-0.2, -0.15) is 5.10 Å². The molecule has 1 saturated carbocycles. The van der Waals surface area contributed by atoms with E-state index >= 15 is 0 Å². The number of carbonyl (C=O) groups excluding carboxylic acids is 2. The fourth-order valence-corrected chi connectivity index (χ4v) is 1.88. The second-order valence-corrected chi connectivity index (χ2v) is 5.21. The van der Waals surface area contributed by atoms with Crippen LogP contribution < -0.4 is 21.5 Å². The van der Waals surface area contributed by atoms with Gasteiger partial charge in [-0.25, -0.2) is 9.89 Å². The minimum Gasteiger partial charge on any atom is -0.335 e. The first-order valence-corrected chi connectivity index (χ1v) is 7.15. The number of nitrogens with zero attached hydrogens (tertiary/aromatic N) is 1. The van der Waals surface area contributed by atoms with Crippen molar-refractivity contribution in [2.24, 2.45) is 0 Å². The molecule has 1 heterocycles. The van der Waals surface area contributed by atoms with Gasteiger partial charge in [0.2, 0.25) is 0 Å². The third kappa shape index (κ3) is 4.16. The number of benzene rings is 1. The number of urea groups is 1. The molecule has 1 fully saturated rings. The summed E-state index contributed by atoms with van der Waals surface area (Å²) in [5, 5.41) is 14.0. The van der Waals surface area contributed by atoms with E-state index in [2.05, 4.69) is 26.1 Å². The summed E-state index contributed by atoms with van der Waals surface area (Å²) in [6, 6.07) is 9.32. The highest BCUT2D eigenvalue weighted by molar-refractivity contribution is 6.02. The molecule has 2 aromatic rings. The van der Waals surface area contributed by atoms with Gasteiger partial charge in [0, 0.05) is 23.5 Å². The Morgan fingerprint density at radius 3 is 2.22 bits per heavy atom. The summed E-state index contributed by atoms with van der Waals surface area (Å²) in [5.74, 6) is -0.437. The van der Waals surface area contributed by atoms with E-state index in [1.54, 1.807) is 24.3 Å². The zero-order chi connectivity index (χ0) is 16.2. The van der Waals surface area contributed by atoms with Gasteiger partial charge in [0.05, 0.1) is 0 Å². The van der Waals surface area contributed by atoms with Gasteiger partial charge in [-0.1, -0.05) is 0 Å². The van der Waals surface area contributed by atoms with Crippen LogP contribution >= 0.6 is 0 Å². The molecule has 1 aromatic carbocycles. The SMILES string of the molecule is O=C(Nc1ccc(NC(=O)c2ccc(=O)[nH]n2)cc1)NC1CC1. The third-order valence-corrected chi connectivity index (χ3v) is 3.22. The second kappa shape index (κ2) is 6.30. The Morgan fingerprint density at radius 1 is 1.00 bits per heavy atom. The number of anilines is 2. The largest absolute Gasteiger partial charge is 0.335 e. The minimum absolute atomic E-state index is 0.107. The van der Waals surface area contributed by atoms with Crippen LogP contribution in [0, 0.1) is 0 Å². The summed E-state index contributed by atoms with van der Waals surface area (Å²) < 4.78 is 0. The fraction of sp³-hybridized carbons (Fsp3) is 0.200. The standard InChI is InChI=1S/C15H15N5O3/c21-13-8-7-12(19-20-13)14(22)16-9-1-3-10(4-2-9)17-15(23)18-11-5-6-11/h1-4,7-8,11H,5-6H2,(H,16,22)(H,20,21)(H2,17,18,23). The summed E-state index contributed by atoms with van der Waals surface area (Å²) >= 11 is 0. The Hall–Kier alpha value is -3.16. The molecule has 1 aromatic heterocycles. The molecular formula is C15H15N5O3. The zero-order valence-corrected chi connectivity index (χ0v) is 12.1. The van der Waals surface area contributed by atoms with E-state index in [1.807, 2.05) is 0 Å². The molecule has 3 amide bonds. The van der Waals surface area contributed by atoms with Crippen LogP contribution in [-0.2, 0) is 0 Å². The normalized spacial score (nSPS) is 13.2. The van der Waals surface area contributed by atoms with Crippen LogP contribution in [0.2, 0.25) is 0 Å². The van der Waals surface area contributed by atoms with Crippen LogP contribution in [0.1, 0.15) is 23.3 Å². The predicted octanol–water partition coefficient (Wildman–Crippen LogP) is 1.31. The maximum absolute atomic E-state index is 11.9. The zero-order valence-electron chi connectivity index (χ0n) is 12.1. The average Bonchev–Trinajstić information content (AvgIpc) is 3.33. The van der Waals surface area contributed by atoms with E-state index in [0.717, 1.165) is 12.8 Å².